The normalized spacial score (nSPS) is 22.0. The van der Waals surface area contributed by atoms with Gasteiger partial charge in [-0.2, -0.15) is 4.31 Å². The SMILES string of the molecule is CCN1OC2(CCN(S(=O)(=O)c3cccc(Cl)c3)CC2)CC1=O. The van der Waals surface area contributed by atoms with Gasteiger partial charge in [0, 0.05) is 24.7 Å². The highest BCUT2D eigenvalue weighted by Gasteiger charge is 2.47. The van der Waals surface area contributed by atoms with Crippen molar-refractivity contribution >= 4 is 27.5 Å². The summed E-state index contributed by atoms with van der Waals surface area (Å²) in [4.78, 5) is 17.8. The lowest BCUT2D eigenvalue weighted by atomic mass is 9.89. The molecule has 126 valence electrons. The zero-order chi connectivity index (χ0) is 16.7. The van der Waals surface area contributed by atoms with E-state index in [-0.39, 0.29) is 10.8 Å². The minimum absolute atomic E-state index is 0.0290. The molecule has 0 aliphatic carbocycles. The second-order valence-electron chi connectivity index (χ2n) is 5.90. The van der Waals surface area contributed by atoms with Crippen LogP contribution < -0.4 is 0 Å². The van der Waals surface area contributed by atoms with E-state index in [9.17, 15) is 13.2 Å². The smallest absolute Gasteiger partial charge is 0.249 e. The maximum atomic E-state index is 12.7. The molecule has 1 amide bonds. The first-order chi connectivity index (χ1) is 10.9. The number of carbonyl (C=O) groups is 1. The van der Waals surface area contributed by atoms with Crippen molar-refractivity contribution in [3.8, 4) is 0 Å². The largest absolute Gasteiger partial charge is 0.272 e. The molecule has 3 rings (SSSR count). The molecule has 0 bridgehead atoms. The van der Waals surface area contributed by atoms with Gasteiger partial charge in [0.2, 0.25) is 15.9 Å². The van der Waals surface area contributed by atoms with E-state index < -0.39 is 15.6 Å². The van der Waals surface area contributed by atoms with Gasteiger partial charge in [-0.1, -0.05) is 17.7 Å². The Morgan fingerprint density at radius 2 is 2.00 bits per heavy atom. The lowest BCUT2D eigenvalue weighted by Gasteiger charge is -2.37. The standard InChI is InChI=1S/C15H19ClN2O4S/c1-2-18-14(19)11-15(22-18)6-8-17(9-7-15)23(20,21)13-5-3-4-12(16)10-13/h3-5,10H,2,6-9,11H2,1H3. The van der Waals surface area contributed by atoms with Crippen molar-refractivity contribution in [3.63, 3.8) is 0 Å². The van der Waals surface area contributed by atoms with Gasteiger partial charge in [-0.05, 0) is 38.0 Å². The summed E-state index contributed by atoms with van der Waals surface area (Å²) in [7, 11) is -3.57. The van der Waals surface area contributed by atoms with Gasteiger partial charge in [-0.15, -0.1) is 0 Å². The number of hydrogen-bond acceptors (Lipinski definition) is 4. The number of hydrogen-bond donors (Lipinski definition) is 0. The molecule has 0 aromatic heterocycles. The maximum Gasteiger partial charge on any atom is 0.249 e. The molecule has 2 fully saturated rings. The molecule has 0 unspecified atom stereocenters. The number of hydroxylamine groups is 2. The lowest BCUT2D eigenvalue weighted by Crippen LogP contribution is -2.47. The van der Waals surface area contributed by atoms with E-state index in [1.54, 1.807) is 18.2 Å². The Bertz CT molecular complexity index is 714. The summed E-state index contributed by atoms with van der Waals surface area (Å²) in [6, 6.07) is 6.26. The van der Waals surface area contributed by atoms with Gasteiger partial charge in [-0.3, -0.25) is 9.63 Å². The third-order valence-electron chi connectivity index (χ3n) is 4.41. The molecule has 1 aromatic rings. The van der Waals surface area contributed by atoms with Gasteiger partial charge < -0.3 is 0 Å². The molecule has 8 heteroatoms. The quantitative estimate of drug-likeness (QED) is 0.829. The molecule has 0 N–H and O–H groups in total. The van der Waals surface area contributed by atoms with E-state index in [0.717, 1.165) is 0 Å². The van der Waals surface area contributed by atoms with Crippen LogP contribution in [0.5, 0.6) is 0 Å². The van der Waals surface area contributed by atoms with Crippen LogP contribution in [-0.2, 0) is 19.7 Å². The summed E-state index contributed by atoms with van der Waals surface area (Å²) in [5, 5.41) is 1.77. The van der Waals surface area contributed by atoms with E-state index >= 15 is 0 Å². The van der Waals surface area contributed by atoms with Crippen LogP contribution in [-0.4, -0.2) is 48.9 Å². The van der Waals surface area contributed by atoms with Crippen LogP contribution in [0.4, 0.5) is 0 Å². The third-order valence-corrected chi connectivity index (χ3v) is 6.54. The summed E-state index contributed by atoms with van der Waals surface area (Å²) >= 11 is 5.89. The Morgan fingerprint density at radius 3 is 2.57 bits per heavy atom. The van der Waals surface area contributed by atoms with Crippen LogP contribution in [0.25, 0.3) is 0 Å². The zero-order valence-corrected chi connectivity index (χ0v) is 14.4. The first-order valence-electron chi connectivity index (χ1n) is 7.61. The molecular weight excluding hydrogens is 340 g/mol. The third kappa shape index (κ3) is 3.10. The van der Waals surface area contributed by atoms with Crippen LogP contribution in [0.15, 0.2) is 29.2 Å². The van der Waals surface area contributed by atoms with Gasteiger partial charge in [0.05, 0.1) is 11.3 Å². The average Bonchev–Trinajstić information content (AvgIpc) is 2.83. The Labute approximate surface area is 141 Å². The first-order valence-corrected chi connectivity index (χ1v) is 9.43. The monoisotopic (exact) mass is 358 g/mol. The van der Waals surface area contributed by atoms with Gasteiger partial charge in [0.1, 0.15) is 5.60 Å². The maximum absolute atomic E-state index is 12.7. The van der Waals surface area contributed by atoms with Crippen molar-refractivity contribution < 1.29 is 18.0 Å². The van der Waals surface area contributed by atoms with Crippen molar-refractivity contribution in [1.82, 2.24) is 9.37 Å². The zero-order valence-electron chi connectivity index (χ0n) is 12.9. The topological polar surface area (TPSA) is 66.9 Å². The molecule has 1 aromatic carbocycles. The van der Waals surface area contributed by atoms with Crippen LogP contribution in [0, 0.1) is 0 Å². The Kier molecular flexibility index (Phi) is 4.39. The van der Waals surface area contributed by atoms with Crippen molar-refractivity contribution in [2.24, 2.45) is 0 Å². The predicted octanol–water partition coefficient (Wildman–Crippen LogP) is 2.05. The molecule has 2 aliphatic rings. The number of sulfonamides is 1. The Balaban J connectivity index is 1.73. The van der Waals surface area contributed by atoms with E-state index in [1.165, 1.54) is 15.4 Å². The molecule has 6 nitrogen and oxygen atoms in total. The fourth-order valence-electron chi connectivity index (χ4n) is 3.10. The van der Waals surface area contributed by atoms with E-state index in [4.69, 9.17) is 16.4 Å². The molecule has 2 saturated heterocycles. The molecule has 1 spiro atoms. The van der Waals surface area contributed by atoms with Crippen molar-refractivity contribution in [1.29, 1.82) is 0 Å². The van der Waals surface area contributed by atoms with Crippen molar-refractivity contribution in [3.05, 3.63) is 29.3 Å². The highest BCUT2D eigenvalue weighted by molar-refractivity contribution is 7.89. The van der Waals surface area contributed by atoms with Gasteiger partial charge in [0.15, 0.2) is 0 Å². The summed E-state index contributed by atoms with van der Waals surface area (Å²) in [6.07, 6.45) is 1.34. The summed E-state index contributed by atoms with van der Waals surface area (Å²) in [6.45, 7) is 3.03. The highest BCUT2D eigenvalue weighted by Crippen LogP contribution is 2.37. The molecular formula is C15H19ClN2O4S. The second kappa shape index (κ2) is 6.05. The summed E-state index contributed by atoms with van der Waals surface area (Å²) < 4.78 is 26.8. The summed E-state index contributed by atoms with van der Waals surface area (Å²) in [5.74, 6) is -0.0290. The summed E-state index contributed by atoms with van der Waals surface area (Å²) in [5.41, 5.74) is -0.548. The number of rotatable bonds is 3. The Morgan fingerprint density at radius 1 is 1.30 bits per heavy atom. The molecule has 0 atom stereocenters. The molecule has 23 heavy (non-hydrogen) atoms. The van der Waals surface area contributed by atoms with Gasteiger partial charge in [0.25, 0.3) is 0 Å². The number of nitrogens with zero attached hydrogens (tertiary/aromatic N) is 2. The average molecular weight is 359 g/mol. The van der Waals surface area contributed by atoms with Crippen LogP contribution in [0.3, 0.4) is 0 Å². The minimum Gasteiger partial charge on any atom is -0.272 e. The van der Waals surface area contributed by atoms with Crippen molar-refractivity contribution in [2.45, 2.75) is 36.7 Å². The fraction of sp³-hybridized carbons (Fsp3) is 0.533. The number of benzene rings is 1. The van der Waals surface area contributed by atoms with Gasteiger partial charge in [-0.25, -0.2) is 13.5 Å². The number of carbonyl (C=O) groups excluding carboxylic acids is 1. The van der Waals surface area contributed by atoms with Crippen LogP contribution >= 0.6 is 11.6 Å². The minimum atomic E-state index is -3.57. The lowest BCUT2D eigenvalue weighted by molar-refractivity contribution is -0.206. The van der Waals surface area contributed by atoms with Crippen molar-refractivity contribution in [2.75, 3.05) is 19.6 Å². The van der Waals surface area contributed by atoms with E-state index in [0.29, 0.717) is 43.9 Å². The predicted molar refractivity (Wildman–Crippen MR) is 85.3 cm³/mol. The van der Waals surface area contributed by atoms with E-state index in [2.05, 4.69) is 0 Å². The van der Waals surface area contributed by atoms with Gasteiger partial charge >= 0.3 is 0 Å². The number of halogens is 1. The molecule has 2 aliphatic heterocycles. The van der Waals surface area contributed by atoms with Crippen LogP contribution in [0.1, 0.15) is 26.2 Å². The molecule has 0 saturated carbocycles. The molecule has 0 radical (unpaired) electrons. The molecule has 2 heterocycles. The first kappa shape index (κ1) is 16.7. The second-order valence-corrected chi connectivity index (χ2v) is 8.28. The van der Waals surface area contributed by atoms with E-state index in [1.807, 2.05) is 6.92 Å². The number of piperidine rings is 1. The fourth-order valence-corrected chi connectivity index (χ4v) is 4.84. The Hall–Kier alpha value is -1.15. The highest BCUT2D eigenvalue weighted by atomic mass is 35.5. The van der Waals surface area contributed by atoms with Crippen LogP contribution in [0.2, 0.25) is 5.02 Å². The number of amides is 1.